The lowest BCUT2D eigenvalue weighted by atomic mass is 10.0. The predicted molar refractivity (Wildman–Crippen MR) is 97.4 cm³/mol. The van der Waals surface area contributed by atoms with Gasteiger partial charge in [0.2, 0.25) is 5.91 Å². The SMILES string of the molecule is CC(C)c1ccc(/C=C/C(=O)Nc2ccc(I)cc2)cc1. The summed E-state index contributed by atoms with van der Waals surface area (Å²) in [4.78, 5) is 11.8. The first kappa shape index (κ1) is 15.8. The van der Waals surface area contributed by atoms with Gasteiger partial charge in [0.25, 0.3) is 0 Å². The maximum Gasteiger partial charge on any atom is 0.248 e. The molecule has 0 bridgehead atoms. The molecule has 0 heterocycles. The molecule has 2 aromatic rings. The molecule has 0 spiro atoms. The van der Waals surface area contributed by atoms with E-state index in [-0.39, 0.29) is 5.91 Å². The van der Waals surface area contributed by atoms with Crippen molar-refractivity contribution in [2.24, 2.45) is 0 Å². The Hall–Kier alpha value is -1.62. The lowest BCUT2D eigenvalue weighted by Gasteiger charge is -2.05. The van der Waals surface area contributed by atoms with Crippen LogP contribution in [0.2, 0.25) is 0 Å². The largest absolute Gasteiger partial charge is 0.323 e. The van der Waals surface area contributed by atoms with Gasteiger partial charge in [-0.2, -0.15) is 0 Å². The van der Waals surface area contributed by atoms with Gasteiger partial charge in [0.1, 0.15) is 0 Å². The van der Waals surface area contributed by atoms with Crippen LogP contribution >= 0.6 is 22.6 Å². The van der Waals surface area contributed by atoms with Gasteiger partial charge >= 0.3 is 0 Å². The Labute approximate surface area is 139 Å². The van der Waals surface area contributed by atoms with E-state index in [0.717, 1.165) is 14.8 Å². The number of carbonyl (C=O) groups excluding carboxylic acids is 1. The van der Waals surface area contributed by atoms with E-state index in [0.29, 0.717) is 5.92 Å². The van der Waals surface area contributed by atoms with Gasteiger partial charge in [-0.1, -0.05) is 38.1 Å². The molecular weight excluding hydrogens is 373 g/mol. The van der Waals surface area contributed by atoms with E-state index in [9.17, 15) is 4.79 Å². The lowest BCUT2D eigenvalue weighted by Crippen LogP contribution is -2.07. The quantitative estimate of drug-likeness (QED) is 0.573. The van der Waals surface area contributed by atoms with Crippen molar-refractivity contribution in [1.82, 2.24) is 0 Å². The highest BCUT2D eigenvalue weighted by molar-refractivity contribution is 14.1. The van der Waals surface area contributed by atoms with Crippen molar-refractivity contribution in [3.63, 3.8) is 0 Å². The summed E-state index contributed by atoms with van der Waals surface area (Å²) in [5.41, 5.74) is 3.13. The molecule has 1 amide bonds. The van der Waals surface area contributed by atoms with Crippen LogP contribution in [-0.4, -0.2) is 5.91 Å². The van der Waals surface area contributed by atoms with Gasteiger partial charge in [0.05, 0.1) is 0 Å². The molecule has 0 fully saturated rings. The second-order valence-electron chi connectivity index (χ2n) is 5.15. The third-order valence-electron chi connectivity index (χ3n) is 3.14. The second-order valence-corrected chi connectivity index (χ2v) is 6.40. The number of rotatable bonds is 4. The molecule has 3 heteroatoms. The molecule has 0 unspecified atom stereocenters. The summed E-state index contributed by atoms with van der Waals surface area (Å²) >= 11 is 2.23. The van der Waals surface area contributed by atoms with E-state index in [1.54, 1.807) is 6.08 Å². The van der Waals surface area contributed by atoms with Gasteiger partial charge < -0.3 is 5.32 Å². The van der Waals surface area contributed by atoms with Gasteiger partial charge in [-0.15, -0.1) is 0 Å². The molecule has 1 N–H and O–H groups in total. The fourth-order valence-electron chi connectivity index (χ4n) is 1.88. The zero-order valence-electron chi connectivity index (χ0n) is 12.1. The molecule has 0 aliphatic rings. The van der Waals surface area contributed by atoms with Crippen LogP contribution in [0.1, 0.15) is 30.9 Å². The van der Waals surface area contributed by atoms with Crippen molar-refractivity contribution in [2.75, 3.05) is 5.32 Å². The smallest absolute Gasteiger partial charge is 0.248 e. The first-order chi connectivity index (χ1) is 10.0. The fraction of sp³-hybridized carbons (Fsp3) is 0.167. The number of amides is 1. The van der Waals surface area contributed by atoms with E-state index in [1.165, 1.54) is 5.56 Å². The second kappa shape index (κ2) is 7.41. The van der Waals surface area contributed by atoms with Crippen molar-refractivity contribution < 1.29 is 4.79 Å². The maximum atomic E-state index is 11.8. The topological polar surface area (TPSA) is 29.1 Å². The van der Waals surface area contributed by atoms with E-state index in [4.69, 9.17) is 0 Å². The molecule has 0 saturated heterocycles. The van der Waals surface area contributed by atoms with E-state index in [1.807, 2.05) is 42.5 Å². The zero-order valence-corrected chi connectivity index (χ0v) is 14.3. The molecule has 0 atom stereocenters. The number of carbonyl (C=O) groups is 1. The highest BCUT2D eigenvalue weighted by atomic mass is 127. The highest BCUT2D eigenvalue weighted by Crippen LogP contribution is 2.15. The van der Waals surface area contributed by atoms with Crippen molar-refractivity contribution in [1.29, 1.82) is 0 Å². The summed E-state index contributed by atoms with van der Waals surface area (Å²) in [6.07, 6.45) is 3.38. The average Bonchev–Trinajstić information content (AvgIpc) is 2.48. The minimum absolute atomic E-state index is 0.121. The summed E-state index contributed by atoms with van der Waals surface area (Å²) in [6.45, 7) is 4.33. The van der Waals surface area contributed by atoms with E-state index < -0.39 is 0 Å². The summed E-state index contributed by atoms with van der Waals surface area (Å²) in [6, 6.07) is 16.0. The van der Waals surface area contributed by atoms with Crippen LogP contribution in [0.4, 0.5) is 5.69 Å². The minimum Gasteiger partial charge on any atom is -0.323 e. The van der Waals surface area contributed by atoms with E-state index >= 15 is 0 Å². The van der Waals surface area contributed by atoms with Crippen molar-refractivity contribution in [3.8, 4) is 0 Å². The standard InChI is InChI=1S/C18H18INO/c1-13(2)15-6-3-14(4-7-15)5-12-18(21)20-17-10-8-16(19)9-11-17/h3-13H,1-2H3,(H,20,21)/b12-5+. The van der Waals surface area contributed by atoms with Gasteiger partial charge in [-0.05, 0) is 70.0 Å². The van der Waals surface area contributed by atoms with Crippen molar-refractivity contribution in [2.45, 2.75) is 19.8 Å². The monoisotopic (exact) mass is 391 g/mol. The Morgan fingerprint density at radius 1 is 1.05 bits per heavy atom. The third kappa shape index (κ3) is 5.01. The van der Waals surface area contributed by atoms with Crippen LogP contribution in [0.15, 0.2) is 54.6 Å². The normalized spacial score (nSPS) is 11.0. The van der Waals surface area contributed by atoms with Gasteiger partial charge in [0.15, 0.2) is 0 Å². The van der Waals surface area contributed by atoms with Gasteiger partial charge in [-0.25, -0.2) is 0 Å². The summed E-state index contributed by atoms with van der Waals surface area (Å²) in [5, 5.41) is 2.84. The first-order valence-electron chi connectivity index (χ1n) is 6.89. The molecule has 2 rings (SSSR count). The van der Waals surface area contributed by atoms with Crippen LogP contribution in [0, 0.1) is 3.57 Å². The molecule has 0 aliphatic heterocycles. The maximum absolute atomic E-state index is 11.8. The molecule has 0 aliphatic carbocycles. The van der Waals surface area contributed by atoms with Crippen molar-refractivity contribution >= 4 is 40.3 Å². The van der Waals surface area contributed by atoms with Crippen LogP contribution in [0.25, 0.3) is 6.08 Å². The summed E-state index contributed by atoms with van der Waals surface area (Å²) < 4.78 is 1.14. The summed E-state index contributed by atoms with van der Waals surface area (Å²) in [7, 11) is 0. The number of nitrogens with one attached hydrogen (secondary N) is 1. The molecular formula is C18H18INO. The number of halogens is 1. The van der Waals surface area contributed by atoms with Crippen LogP contribution in [0.3, 0.4) is 0 Å². The summed E-state index contributed by atoms with van der Waals surface area (Å²) in [5.74, 6) is 0.399. The number of hydrogen-bond acceptors (Lipinski definition) is 1. The number of hydrogen-bond donors (Lipinski definition) is 1. The van der Waals surface area contributed by atoms with Crippen LogP contribution in [-0.2, 0) is 4.79 Å². The highest BCUT2D eigenvalue weighted by Gasteiger charge is 1.99. The minimum atomic E-state index is -0.121. The van der Waals surface area contributed by atoms with Crippen molar-refractivity contribution in [3.05, 3.63) is 69.3 Å². The first-order valence-corrected chi connectivity index (χ1v) is 7.97. The fourth-order valence-corrected chi connectivity index (χ4v) is 2.24. The molecule has 0 aromatic heterocycles. The Kier molecular flexibility index (Phi) is 5.56. The Balaban J connectivity index is 1.96. The number of anilines is 1. The lowest BCUT2D eigenvalue weighted by molar-refractivity contribution is -0.111. The third-order valence-corrected chi connectivity index (χ3v) is 3.86. The zero-order chi connectivity index (χ0) is 15.2. The molecule has 108 valence electrons. The van der Waals surface area contributed by atoms with Gasteiger partial charge in [-0.3, -0.25) is 4.79 Å². The van der Waals surface area contributed by atoms with Crippen LogP contribution in [0.5, 0.6) is 0 Å². The Bertz CT molecular complexity index is 627. The van der Waals surface area contributed by atoms with Crippen LogP contribution < -0.4 is 5.32 Å². The Morgan fingerprint density at radius 3 is 2.24 bits per heavy atom. The molecule has 21 heavy (non-hydrogen) atoms. The molecule has 2 aromatic carbocycles. The molecule has 2 nitrogen and oxygen atoms in total. The Morgan fingerprint density at radius 2 is 1.67 bits per heavy atom. The molecule has 0 saturated carbocycles. The molecule has 0 radical (unpaired) electrons. The predicted octanol–water partition coefficient (Wildman–Crippen LogP) is 5.07. The number of benzene rings is 2. The van der Waals surface area contributed by atoms with Gasteiger partial charge in [0, 0.05) is 15.3 Å². The average molecular weight is 391 g/mol. The van der Waals surface area contributed by atoms with E-state index in [2.05, 4.69) is 53.9 Å².